The van der Waals surface area contributed by atoms with Crippen molar-refractivity contribution in [1.29, 1.82) is 0 Å². The van der Waals surface area contributed by atoms with Crippen molar-refractivity contribution in [3.05, 3.63) is 60.3 Å². The van der Waals surface area contributed by atoms with Gasteiger partial charge in [-0.3, -0.25) is 4.68 Å². The van der Waals surface area contributed by atoms with Gasteiger partial charge in [-0.15, -0.1) is 0 Å². The van der Waals surface area contributed by atoms with E-state index >= 15 is 0 Å². The van der Waals surface area contributed by atoms with Crippen molar-refractivity contribution in [2.45, 2.75) is 18.8 Å². The Hall–Kier alpha value is -2.72. The van der Waals surface area contributed by atoms with Gasteiger partial charge in [-0.2, -0.15) is 5.10 Å². The summed E-state index contributed by atoms with van der Waals surface area (Å²) < 4.78 is 1.86. The third kappa shape index (κ3) is 2.67. The number of rotatable bonds is 2. The van der Waals surface area contributed by atoms with Crippen molar-refractivity contribution in [3.8, 4) is 11.3 Å². The second-order valence-electron chi connectivity index (χ2n) is 7.22. The van der Waals surface area contributed by atoms with Crippen LogP contribution in [-0.4, -0.2) is 27.9 Å². The molecule has 4 nitrogen and oxygen atoms in total. The van der Waals surface area contributed by atoms with Gasteiger partial charge in [0.15, 0.2) is 0 Å². The fourth-order valence-corrected chi connectivity index (χ4v) is 4.10. The highest BCUT2D eigenvalue weighted by molar-refractivity contribution is 5.87. The van der Waals surface area contributed by atoms with Crippen LogP contribution < -0.4 is 5.32 Å². The molecule has 3 heterocycles. The van der Waals surface area contributed by atoms with Gasteiger partial charge in [0, 0.05) is 29.6 Å². The molecule has 0 amide bonds. The van der Waals surface area contributed by atoms with E-state index in [4.69, 9.17) is 4.98 Å². The monoisotopic (exact) mass is 342 g/mol. The Labute approximate surface area is 152 Å². The first kappa shape index (κ1) is 15.5. The summed E-state index contributed by atoms with van der Waals surface area (Å²) in [5, 5.41) is 10.3. The van der Waals surface area contributed by atoms with Crippen LogP contribution in [-0.2, 0) is 7.05 Å². The highest BCUT2D eigenvalue weighted by Gasteiger charge is 2.18. The highest BCUT2D eigenvalue weighted by Crippen LogP contribution is 2.32. The molecule has 0 atom stereocenters. The lowest BCUT2D eigenvalue weighted by molar-refractivity contribution is 0.462. The number of para-hydroxylation sites is 1. The van der Waals surface area contributed by atoms with E-state index < -0.39 is 0 Å². The Morgan fingerprint density at radius 3 is 2.77 bits per heavy atom. The second kappa shape index (κ2) is 6.22. The fourth-order valence-electron chi connectivity index (χ4n) is 4.10. The molecule has 0 bridgehead atoms. The van der Waals surface area contributed by atoms with Crippen molar-refractivity contribution < 1.29 is 0 Å². The predicted octanol–water partition coefficient (Wildman–Crippen LogP) is 4.26. The summed E-state index contributed by atoms with van der Waals surface area (Å²) in [5.41, 5.74) is 5.75. The van der Waals surface area contributed by atoms with E-state index in [1.807, 2.05) is 11.7 Å². The predicted molar refractivity (Wildman–Crippen MR) is 106 cm³/mol. The zero-order valence-electron chi connectivity index (χ0n) is 14.9. The van der Waals surface area contributed by atoms with Crippen LogP contribution in [0.25, 0.3) is 33.1 Å². The van der Waals surface area contributed by atoms with Gasteiger partial charge in [-0.25, -0.2) is 4.98 Å². The molecule has 2 aromatic carbocycles. The summed E-state index contributed by atoms with van der Waals surface area (Å²) >= 11 is 0. The average Bonchev–Trinajstić information content (AvgIpc) is 3.07. The molecule has 0 aliphatic carbocycles. The summed E-state index contributed by atoms with van der Waals surface area (Å²) in [5.74, 6) is 0.600. The number of piperidine rings is 1. The average molecular weight is 342 g/mol. The quantitative estimate of drug-likeness (QED) is 0.592. The Bertz CT molecular complexity index is 1090. The molecule has 1 N–H and O–H groups in total. The molecule has 1 saturated heterocycles. The van der Waals surface area contributed by atoms with Crippen LogP contribution >= 0.6 is 0 Å². The van der Waals surface area contributed by atoms with Gasteiger partial charge in [-0.1, -0.05) is 30.3 Å². The van der Waals surface area contributed by atoms with Crippen molar-refractivity contribution in [2.24, 2.45) is 7.05 Å². The highest BCUT2D eigenvalue weighted by atomic mass is 15.2. The van der Waals surface area contributed by atoms with Gasteiger partial charge in [0.05, 0.1) is 16.7 Å². The van der Waals surface area contributed by atoms with Crippen LogP contribution in [0, 0.1) is 0 Å². The molecule has 4 aromatic rings. The number of hydrogen-bond acceptors (Lipinski definition) is 3. The first-order chi connectivity index (χ1) is 12.8. The first-order valence-electron chi connectivity index (χ1n) is 9.32. The van der Waals surface area contributed by atoms with Crippen LogP contribution in [0.3, 0.4) is 0 Å². The van der Waals surface area contributed by atoms with Crippen molar-refractivity contribution in [2.75, 3.05) is 13.1 Å². The molecular weight excluding hydrogens is 320 g/mol. The van der Waals surface area contributed by atoms with E-state index in [9.17, 15) is 0 Å². The van der Waals surface area contributed by atoms with E-state index in [1.165, 1.54) is 23.8 Å². The van der Waals surface area contributed by atoms with Gasteiger partial charge in [0.25, 0.3) is 0 Å². The maximum absolute atomic E-state index is 5.09. The summed E-state index contributed by atoms with van der Waals surface area (Å²) in [6.45, 7) is 2.19. The Morgan fingerprint density at radius 2 is 1.88 bits per heavy atom. The molecule has 2 aromatic heterocycles. The largest absolute Gasteiger partial charge is 0.317 e. The normalized spacial score (nSPS) is 15.7. The van der Waals surface area contributed by atoms with Gasteiger partial charge >= 0.3 is 0 Å². The third-order valence-electron chi connectivity index (χ3n) is 5.45. The Kier molecular flexibility index (Phi) is 3.71. The molecule has 1 fully saturated rings. The van der Waals surface area contributed by atoms with Gasteiger partial charge in [0.2, 0.25) is 0 Å². The fraction of sp³-hybridized carbons (Fsp3) is 0.273. The summed E-state index contributed by atoms with van der Waals surface area (Å²) in [4.78, 5) is 5.09. The maximum Gasteiger partial charge on any atom is 0.0923 e. The molecule has 1 aliphatic heterocycles. The van der Waals surface area contributed by atoms with Gasteiger partial charge < -0.3 is 5.32 Å². The molecule has 5 rings (SSSR count). The lowest BCUT2D eigenvalue weighted by Gasteiger charge is -2.24. The number of hydrogen-bond donors (Lipinski definition) is 1. The number of aryl methyl sites for hydroxylation is 1. The molecule has 130 valence electrons. The second-order valence-corrected chi connectivity index (χ2v) is 7.22. The lowest BCUT2D eigenvalue weighted by atomic mass is 9.88. The summed E-state index contributed by atoms with van der Waals surface area (Å²) in [6, 6.07) is 17.3. The molecule has 0 saturated carbocycles. The van der Waals surface area contributed by atoms with Crippen molar-refractivity contribution in [1.82, 2.24) is 20.1 Å². The van der Waals surface area contributed by atoms with E-state index in [1.54, 1.807) is 0 Å². The van der Waals surface area contributed by atoms with Crippen molar-refractivity contribution in [3.63, 3.8) is 0 Å². The number of benzene rings is 2. The standard InChI is InChI=1S/C22H22N4/c1-26-14-18-13-17(6-8-21(18)25-26)20-7-5-16-3-2-4-19(22(16)24-20)15-9-11-23-12-10-15/h2-8,13-15,23H,9-12H2,1H3. The summed E-state index contributed by atoms with van der Waals surface area (Å²) in [7, 11) is 1.96. The first-order valence-corrected chi connectivity index (χ1v) is 9.32. The van der Waals surface area contributed by atoms with E-state index in [0.29, 0.717) is 5.92 Å². The zero-order chi connectivity index (χ0) is 17.5. The molecule has 0 unspecified atom stereocenters. The van der Waals surface area contributed by atoms with Crippen LogP contribution in [0.5, 0.6) is 0 Å². The van der Waals surface area contributed by atoms with Gasteiger partial charge in [0.1, 0.15) is 0 Å². The lowest BCUT2D eigenvalue weighted by Crippen LogP contribution is -2.26. The van der Waals surface area contributed by atoms with Crippen LogP contribution in [0.1, 0.15) is 24.3 Å². The number of nitrogens with zero attached hydrogens (tertiary/aromatic N) is 3. The molecule has 1 aliphatic rings. The number of pyridine rings is 1. The van der Waals surface area contributed by atoms with E-state index in [0.717, 1.165) is 40.8 Å². The van der Waals surface area contributed by atoms with Crippen LogP contribution in [0.4, 0.5) is 0 Å². The summed E-state index contributed by atoms with van der Waals surface area (Å²) in [6.07, 6.45) is 4.43. The third-order valence-corrected chi connectivity index (χ3v) is 5.45. The van der Waals surface area contributed by atoms with Crippen LogP contribution in [0.15, 0.2) is 54.7 Å². The topological polar surface area (TPSA) is 42.7 Å². The Balaban J connectivity index is 1.63. The number of fused-ring (bicyclic) bond motifs is 2. The minimum absolute atomic E-state index is 0.600. The maximum atomic E-state index is 5.09. The molecule has 0 radical (unpaired) electrons. The minimum atomic E-state index is 0.600. The van der Waals surface area contributed by atoms with Crippen molar-refractivity contribution >= 4 is 21.8 Å². The smallest absolute Gasteiger partial charge is 0.0923 e. The minimum Gasteiger partial charge on any atom is -0.317 e. The molecule has 4 heteroatoms. The molecule has 26 heavy (non-hydrogen) atoms. The SMILES string of the molecule is Cn1cc2cc(-c3ccc4cccc(C5CCNCC5)c4n3)ccc2n1. The Morgan fingerprint density at radius 1 is 1.00 bits per heavy atom. The molecule has 0 spiro atoms. The van der Waals surface area contributed by atoms with Crippen LogP contribution in [0.2, 0.25) is 0 Å². The number of nitrogens with one attached hydrogen (secondary N) is 1. The van der Waals surface area contributed by atoms with Gasteiger partial charge in [-0.05, 0) is 55.6 Å². The van der Waals surface area contributed by atoms with E-state index in [2.05, 4.69) is 65.1 Å². The molecular formula is C22H22N4. The van der Waals surface area contributed by atoms with E-state index in [-0.39, 0.29) is 0 Å². The zero-order valence-corrected chi connectivity index (χ0v) is 14.9. The number of aromatic nitrogens is 3.